The number of benzene rings is 2. The van der Waals surface area contributed by atoms with E-state index in [2.05, 4.69) is 24.4 Å². The van der Waals surface area contributed by atoms with Crippen LogP contribution < -0.4 is 15.8 Å². The number of pyridine rings is 1. The van der Waals surface area contributed by atoms with E-state index in [0.717, 1.165) is 38.9 Å². The zero-order chi connectivity index (χ0) is 21.8. The summed E-state index contributed by atoms with van der Waals surface area (Å²) in [7, 11) is 2.60. The number of fused-ring (bicyclic) bond motifs is 2. The Bertz CT molecular complexity index is 1410. The number of anilines is 2. The molecule has 3 heterocycles. The number of carbonyl (C=O) groups excluding carboxylic acids is 1. The summed E-state index contributed by atoms with van der Waals surface area (Å²) in [5, 5.41) is 9.22. The minimum atomic E-state index is -0.598. The third-order valence-electron chi connectivity index (χ3n) is 5.86. The lowest BCUT2D eigenvalue weighted by Crippen LogP contribution is -2.33. The molecule has 0 saturated carbocycles. The van der Waals surface area contributed by atoms with Gasteiger partial charge in [-0.2, -0.15) is 5.10 Å². The molecule has 0 radical (unpaired) electrons. The molecular formula is C24H21N4O2P. The summed E-state index contributed by atoms with van der Waals surface area (Å²) < 4.78 is 0. The second-order valence-corrected chi connectivity index (χ2v) is 8.98. The summed E-state index contributed by atoms with van der Waals surface area (Å²) in [6, 6.07) is 15.5. The third kappa shape index (κ3) is 3.15. The molecule has 31 heavy (non-hydrogen) atoms. The summed E-state index contributed by atoms with van der Waals surface area (Å²) in [6.07, 6.45) is 3.96. The van der Waals surface area contributed by atoms with Crippen molar-refractivity contribution >= 4 is 42.6 Å². The number of nitrogens with zero attached hydrogens (tertiary/aromatic N) is 3. The summed E-state index contributed by atoms with van der Waals surface area (Å²) >= 11 is 0. The van der Waals surface area contributed by atoms with Crippen LogP contribution in [0.1, 0.15) is 30.7 Å². The average Bonchev–Trinajstić information content (AvgIpc) is 2.96. The van der Waals surface area contributed by atoms with Crippen molar-refractivity contribution in [2.45, 2.75) is 25.7 Å². The summed E-state index contributed by atoms with van der Waals surface area (Å²) in [5.41, 5.74) is 3.47. The Balaban J connectivity index is 1.56. The first-order valence-electron chi connectivity index (χ1n) is 10.0. The van der Waals surface area contributed by atoms with Gasteiger partial charge in [-0.25, -0.2) is 5.10 Å². The molecule has 1 atom stereocenters. The van der Waals surface area contributed by atoms with Crippen LogP contribution in [0.3, 0.4) is 0 Å². The molecule has 0 saturated heterocycles. The van der Waals surface area contributed by atoms with E-state index in [1.807, 2.05) is 62.4 Å². The van der Waals surface area contributed by atoms with Crippen LogP contribution in [0, 0.1) is 0 Å². The van der Waals surface area contributed by atoms with Gasteiger partial charge in [-0.15, -0.1) is 9.24 Å². The zero-order valence-electron chi connectivity index (χ0n) is 17.2. The van der Waals surface area contributed by atoms with Gasteiger partial charge in [-0.1, -0.05) is 30.3 Å². The lowest BCUT2D eigenvalue weighted by Gasteiger charge is -2.20. The van der Waals surface area contributed by atoms with Crippen molar-refractivity contribution in [2.75, 3.05) is 4.90 Å². The van der Waals surface area contributed by atoms with E-state index < -0.39 is 5.41 Å². The molecule has 1 aliphatic rings. The molecule has 1 amide bonds. The first-order valence-corrected chi connectivity index (χ1v) is 10.6. The number of H-pyrrole nitrogens is 1. The number of amides is 1. The fourth-order valence-electron chi connectivity index (χ4n) is 4.22. The van der Waals surface area contributed by atoms with Gasteiger partial charge in [0, 0.05) is 18.0 Å². The summed E-state index contributed by atoms with van der Waals surface area (Å²) in [6.45, 7) is 3.89. The van der Waals surface area contributed by atoms with Crippen molar-refractivity contribution < 1.29 is 4.79 Å². The molecule has 0 aliphatic carbocycles. The highest BCUT2D eigenvalue weighted by Gasteiger charge is 2.44. The number of para-hydroxylation sites is 1. The van der Waals surface area contributed by atoms with Crippen LogP contribution in [-0.4, -0.2) is 21.1 Å². The molecule has 6 nitrogen and oxygen atoms in total. The summed E-state index contributed by atoms with van der Waals surface area (Å²) in [5.74, 6) is 0.0215. The minimum Gasteiger partial charge on any atom is -0.278 e. The molecule has 4 aromatic rings. The van der Waals surface area contributed by atoms with Gasteiger partial charge in [0.2, 0.25) is 5.91 Å². The van der Waals surface area contributed by atoms with Crippen molar-refractivity contribution in [1.82, 2.24) is 15.2 Å². The summed E-state index contributed by atoms with van der Waals surface area (Å²) in [4.78, 5) is 31.6. The second-order valence-electron chi connectivity index (χ2n) is 8.32. The van der Waals surface area contributed by atoms with E-state index in [1.54, 1.807) is 17.3 Å². The van der Waals surface area contributed by atoms with Crippen molar-refractivity contribution in [1.29, 1.82) is 0 Å². The molecule has 7 heteroatoms. The fraction of sp³-hybridized carbons (Fsp3) is 0.167. The Hall–Kier alpha value is -3.37. The number of rotatable bonds is 3. The molecule has 0 spiro atoms. The number of hydrogen-bond donors (Lipinski definition) is 1. The molecule has 2 aromatic carbocycles. The first kappa shape index (κ1) is 19.6. The van der Waals surface area contributed by atoms with Gasteiger partial charge in [0.25, 0.3) is 5.56 Å². The molecule has 0 fully saturated rings. The Morgan fingerprint density at radius 1 is 1.03 bits per heavy atom. The number of aromatic nitrogens is 3. The van der Waals surface area contributed by atoms with Crippen LogP contribution in [-0.2, 0) is 16.6 Å². The Morgan fingerprint density at radius 3 is 2.68 bits per heavy atom. The maximum absolute atomic E-state index is 13.2. The number of carbonyl (C=O) groups is 1. The minimum absolute atomic E-state index is 0.0215. The van der Waals surface area contributed by atoms with Gasteiger partial charge in [-0.3, -0.25) is 19.5 Å². The van der Waals surface area contributed by atoms with Crippen LogP contribution in [0.15, 0.2) is 65.7 Å². The van der Waals surface area contributed by atoms with Gasteiger partial charge in [0.1, 0.15) is 0 Å². The van der Waals surface area contributed by atoms with Gasteiger partial charge in [0.05, 0.1) is 34.1 Å². The van der Waals surface area contributed by atoms with E-state index in [0.29, 0.717) is 11.8 Å². The van der Waals surface area contributed by atoms with Gasteiger partial charge in [0.15, 0.2) is 0 Å². The molecule has 154 valence electrons. The van der Waals surface area contributed by atoms with E-state index in [4.69, 9.17) is 0 Å². The largest absolute Gasteiger partial charge is 0.278 e. The topological polar surface area (TPSA) is 79.0 Å². The van der Waals surface area contributed by atoms with Crippen LogP contribution in [0.5, 0.6) is 0 Å². The maximum atomic E-state index is 13.2. The van der Waals surface area contributed by atoms with Gasteiger partial charge >= 0.3 is 0 Å². The van der Waals surface area contributed by atoms with E-state index in [9.17, 15) is 9.59 Å². The van der Waals surface area contributed by atoms with Gasteiger partial charge < -0.3 is 0 Å². The molecule has 0 bridgehead atoms. The lowest BCUT2D eigenvalue weighted by atomic mass is 9.86. The predicted molar refractivity (Wildman–Crippen MR) is 125 cm³/mol. The van der Waals surface area contributed by atoms with Crippen LogP contribution in [0.25, 0.3) is 10.8 Å². The van der Waals surface area contributed by atoms with Crippen molar-refractivity contribution in [3.63, 3.8) is 0 Å². The maximum Gasteiger partial charge on any atom is 0.272 e. The van der Waals surface area contributed by atoms with Crippen molar-refractivity contribution in [3.05, 3.63) is 88.1 Å². The van der Waals surface area contributed by atoms with Crippen LogP contribution in [0.2, 0.25) is 0 Å². The Kier molecular flexibility index (Phi) is 4.49. The number of nitrogens with one attached hydrogen (secondary N) is 1. The highest BCUT2D eigenvalue weighted by atomic mass is 31.0. The predicted octanol–water partition coefficient (Wildman–Crippen LogP) is 3.37. The monoisotopic (exact) mass is 428 g/mol. The molecule has 1 unspecified atom stereocenters. The van der Waals surface area contributed by atoms with E-state index in [-0.39, 0.29) is 11.5 Å². The standard InChI is InChI=1S/C24H21N4O2P/c1-24(2)19-5-3-4-6-21(19)28(23(24)30)15-9-14(12-25-13-15)10-20-17-8-7-16(31)11-18(17)22(29)27-26-20/h3-9,11-13H,10,31H2,1-2H3,(H,27,29). The SMILES string of the molecule is CC1(C)C(=O)N(c2cncc(Cc3n[nH]c(=O)c4cc(P)ccc34)c2)c2ccccc21. The van der Waals surface area contributed by atoms with Crippen molar-refractivity contribution in [2.24, 2.45) is 0 Å². The quantitative estimate of drug-likeness (QED) is 0.508. The molecule has 2 aromatic heterocycles. The normalized spacial score (nSPS) is 14.8. The van der Waals surface area contributed by atoms with Crippen LogP contribution in [0.4, 0.5) is 11.4 Å². The molecule has 1 N–H and O–H groups in total. The van der Waals surface area contributed by atoms with Gasteiger partial charge in [-0.05, 0) is 48.5 Å². The highest BCUT2D eigenvalue weighted by molar-refractivity contribution is 7.27. The smallest absolute Gasteiger partial charge is 0.272 e. The average molecular weight is 428 g/mol. The zero-order valence-corrected chi connectivity index (χ0v) is 18.4. The molecule has 1 aliphatic heterocycles. The fourth-order valence-corrected chi connectivity index (χ4v) is 4.48. The molecule has 5 rings (SSSR count). The highest BCUT2D eigenvalue weighted by Crippen LogP contribution is 2.45. The van der Waals surface area contributed by atoms with Crippen molar-refractivity contribution in [3.8, 4) is 0 Å². The Morgan fingerprint density at radius 2 is 1.84 bits per heavy atom. The lowest BCUT2D eigenvalue weighted by molar-refractivity contribution is -0.121. The Labute approximate surface area is 181 Å². The van der Waals surface area contributed by atoms with E-state index >= 15 is 0 Å². The molecular weight excluding hydrogens is 407 g/mol. The van der Waals surface area contributed by atoms with E-state index in [1.165, 1.54) is 0 Å². The third-order valence-corrected chi connectivity index (χ3v) is 6.22. The second kappa shape index (κ2) is 7.10. The first-order chi connectivity index (χ1) is 14.9. The number of hydrogen-bond acceptors (Lipinski definition) is 4. The number of aromatic amines is 1. The van der Waals surface area contributed by atoms with Crippen LogP contribution >= 0.6 is 9.24 Å².